The fourth-order valence-corrected chi connectivity index (χ4v) is 3.55. The van der Waals surface area contributed by atoms with Gasteiger partial charge in [0.1, 0.15) is 11.6 Å². The summed E-state index contributed by atoms with van der Waals surface area (Å²) in [7, 11) is 0. The van der Waals surface area contributed by atoms with E-state index in [1.165, 1.54) is 0 Å². The molecule has 0 aromatic carbocycles. The standard InChI is InChI=1S/C14H15ClN4OS/c1-7-10-12(21-11(7)8(2)16)13(19-14(15)18-10)17-6-9-4-3-5-20-9/h3-5,8H,6,16H2,1-2H3,(H,17,18,19). The van der Waals surface area contributed by atoms with Crippen LogP contribution in [0.2, 0.25) is 5.28 Å². The Kier molecular flexibility index (Phi) is 3.84. The van der Waals surface area contributed by atoms with Crippen molar-refractivity contribution in [2.24, 2.45) is 5.73 Å². The third-order valence-corrected chi connectivity index (χ3v) is 4.86. The molecule has 0 spiro atoms. The first kappa shape index (κ1) is 14.3. The van der Waals surface area contributed by atoms with Crippen LogP contribution < -0.4 is 11.1 Å². The van der Waals surface area contributed by atoms with Crippen LogP contribution in [-0.4, -0.2) is 9.97 Å². The number of aryl methyl sites for hydroxylation is 1. The van der Waals surface area contributed by atoms with Gasteiger partial charge in [0, 0.05) is 10.9 Å². The lowest BCUT2D eigenvalue weighted by molar-refractivity contribution is 0.518. The minimum Gasteiger partial charge on any atom is -0.467 e. The monoisotopic (exact) mass is 322 g/mol. The Morgan fingerprint density at radius 1 is 1.48 bits per heavy atom. The van der Waals surface area contributed by atoms with Crippen molar-refractivity contribution in [2.75, 3.05) is 5.32 Å². The number of hydrogen-bond donors (Lipinski definition) is 2. The molecular weight excluding hydrogens is 308 g/mol. The number of nitrogens with two attached hydrogens (primary N) is 1. The Hall–Kier alpha value is -1.63. The van der Waals surface area contributed by atoms with Gasteiger partial charge in [-0.2, -0.15) is 4.98 Å². The predicted molar refractivity (Wildman–Crippen MR) is 85.8 cm³/mol. The molecule has 1 unspecified atom stereocenters. The molecule has 0 aliphatic heterocycles. The van der Waals surface area contributed by atoms with Gasteiger partial charge in [-0.15, -0.1) is 11.3 Å². The summed E-state index contributed by atoms with van der Waals surface area (Å²) < 4.78 is 6.28. The highest BCUT2D eigenvalue weighted by atomic mass is 35.5. The number of aromatic nitrogens is 2. The SMILES string of the molecule is Cc1c(C(C)N)sc2c(NCc3ccco3)nc(Cl)nc12. The molecule has 1 atom stereocenters. The Balaban J connectivity index is 2.02. The summed E-state index contributed by atoms with van der Waals surface area (Å²) >= 11 is 7.64. The molecule has 0 aliphatic rings. The van der Waals surface area contributed by atoms with Gasteiger partial charge in [-0.25, -0.2) is 4.98 Å². The largest absolute Gasteiger partial charge is 0.467 e. The molecule has 3 aromatic rings. The van der Waals surface area contributed by atoms with Crippen LogP contribution in [-0.2, 0) is 6.54 Å². The summed E-state index contributed by atoms with van der Waals surface area (Å²) in [5.41, 5.74) is 7.93. The van der Waals surface area contributed by atoms with Gasteiger partial charge >= 0.3 is 0 Å². The molecule has 110 valence electrons. The molecule has 0 bridgehead atoms. The molecule has 7 heteroatoms. The van der Waals surface area contributed by atoms with Crippen molar-refractivity contribution in [1.29, 1.82) is 0 Å². The summed E-state index contributed by atoms with van der Waals surface area (Å²) in [6.45, 7) is 4.51. The molecule has 0 aliphatic carbocycles. The predicted octanol–water partition coefficient (Wildman–Crippen LogP) is 3.88. The summed E-state index contributed by atoms with van der Waals surface area (Å²) in [5.74, 6) is 1.54. The lowest BCUT2D eigenvalue weighted by Crippen LogP contribution is -2.03. The zero-order valence-corrected chi connectivity index (χ0v) is 13.3. The second-order valence-corrected chi connectivity index (χ2v) is 6.22. The van der Waals surface area contributed by atoms with Gasteiger partial charge < -0.3 is 15.5 Å². The number of hydrogen-bond acceptors (Lipinski definition) is 6. The van der Waals surface area contributed by atoms with Crippen LogP contribution in [0, 0.1) is 6.92 Å². The summed E-state index contributed by atoms with van der Waals surface area (Å²) in [5, 5.41) is 3.47. The van der Waals surface area contributed by atoms with Crippen molar-refractivity contribution in [3.05, 3.63) is 39.9 Å². The van der Waals surface area contributed by atoms with Crippen molar-refractivity contribution in [3.8, 4) is 0 Å². The van der Waals surface area contributed by atoms with Crippen molar-refractivity contribution >= 4 is 39.0 Å². The van der Waals surface area contributed by atoms with E-state index in [9.17, 15) is 0 Å². The van der Waals surface area contributed by atoms with Crippen LogP contribution in [0.3, 0.4) is 0 Å². The molecular formula is C14H15ClN4OS. The van der Waals surface area contributed by atoms with Crippen molar-refractivity contribution in [1.82, 2.24) is 9.97 Å². The number of fused-ring (bicyclic) bond motifs is 1. The van der Waals surface area contributed by atoms with E-state index < -0.39 is 0 Å². The van der Waals surface area contributed by atoms with Crippen molar-refractivity contribution < 1.29 is 4.42 Å². The van der Waals surface area contributed by atoms with E-state index in [4.69, 9.17) is 21.8 Å². The van der Waals surface area contributed by atoms with Crippen molar-refractivity contribution in [3.63, 3.8) is 0 Å². The molecule has 21 heavy (non-hydrogen) atoms. The maximum atomic E-state index is 6.03. The smallest absolute Gasteiger partial charge is 0.224 e. The molecule has 0 radical (unpaired) electrons. The van der Waals surface area contributed by atoms with Crippen molar-refractivity contribution in [2.45, 2.75) is 26.4 Å². The summed E-state index contributed by atoms with van der Waals surface area (Å²) in [6.07, 6.45) is 1.64. The maximum Gasteiger partial charge on any atom is 0.224 e. The Morgan fingerprint density at radius 2 is 2.29 bits per heavy atom. The summed E-state index contributed by atoms with van der Waals surface area (Å²) in [4.78, 5) is 9.71. The lowest BCUT2D eigenvalue weighted by atomic mass is 10.2. The second-order valence-electron chi connectivity index (χ2n) is 4.83. The van der Waals surface area contributed by atoms with E-state index in [1.54, 1.807) is 17.6 Å². The second kappa shape index (κ2) is 5.63. The normalized spacial score (nSPS) is 12.8. The van der Waals surface area contributed by atoms with Gasteiger partial charge in [0.2, 0.25) is 5.28 Å². The average molecular weight is 323 g/mol. The van der Waals surface area contributed by atoms with Gasteiger partial charge in [-0.3, -0.25) is 0 Å². The van der Waals surface area contributed by atoms with Gasteiger partial charge in [0.25, 0.3) is 0 Å². The number of furan rings is 1. The highest BCUT2D eigenvalue weighted by Crippen LogP contribution is 2.37. The third kappa shape index (κ3) is 2.74. The Morgan fingerprint density at radius 3 is 2.95 bits per heavy atom. The highest BCUT2D eigenvalue weighted by Gasteiger charge is 2.17. The van der Waals surface area contributed by atoms with E-state index in [0.29, 0.717) is 12.4 Å². The van der Waals surface area contributed by atoms with Crippen LogP contribution in [0.5, 0.6) is 0 Å². The van der Waals surface area contributed by atoms with E-state index in [-0.39, 0.29) is 11.3 Å². The minimum absolute atomic E-state index is 0.0408. The minimum atomic E-state index is -0.0408. The molecule has 0 amide bonds. The quantitative estimate of drug-likeness (QED) is 0.713. The van der Waals surface area contributed by atoms with E-state index in [2.05, 4.69) is 15.3 Å². The fourth-order valence-electron chi connectivity index (χ4n) is 2.22. The third-order valence-electron chi connectivity index (χ3n) is 3.20. The maximum absolute atomic E-state index is 6.03. The van der Waals surface area contributed by atoms with Gasteiger partial charge in [0.15, 0.2) is 0 Å². The van der Waals surface area contributed by atoms with Gasteiger partial charge in [-0.05, 0) is 43.1 Å². The van der Waals surface area contributed by atoms with E-state index in [1.807, 2.05) is 26.0 Å². The molecule has 0 saturated heterocycles. The topological polar surface area (TPSA) is 77.0 Å². The lowest BCUT2D eigenvalue weighted by Gasteiger charge is -2.05. The number of halogens is 1. The first-order chi connectivity index (χ1) is 10.1. The van der Waals surface area contributed by atoms with Crippen LogP contribution in [0.4, 0.5) is 5.82 Å². The van der Waals surface area contributed by atoms with E-state index in [0.717, 1.165) is 26.4 Å². The van der Waals surface area contributed by atoms with Crippen LogP contribution in [0.25, 0.3) is 10.2 Å². The molecule has 0 fully saturated rings. The molecule has 5 nitrogen and oxygen atoms in total. The highest BCUT2D eigenvalue weighted by molar-refractivity contribution is 7.19. The Labute approximate surface area is 131 Å². The zero-order chi connectivity index (χ0) is 15.0. The number of rotatable bonds is 4. The molecule has 3 rings (SSSR count). The molecule has 3 N–H and O–H groups in total. The first-order valence-electron chi connectivity index (χ1n) is 6.54. The number of nitrogens with zero attached hydrogens (tertiary/aromatic N) is 2. The fraction of sp³-hybridized carbons (Fsp3) is 0.286. The molecule has 0 saturated carbocycles. The summed E-state index contributed by atoms with van der Waals surface area (Å²) in [6, 6.07) is 3.71. The van der Waals surface area contributed by atoms with Crippen LogP contribution in [0.1, 0.15) is 29.2 Å². The van der Waals surface area contributed by atoms with Crippen LogP contribution >= 0.6 is 22.9 Å². The van der Waals surface area contributed by atoms with Gasteiger partial charge in [0.05, 0.1) is 23.0 Å². The Bertz CT molecular complexity index is 767. The number of nitrogens with one attached hydrogen (secondary N) is 1. The van der Waals surface area contributed by atoms with Gasteiger partial charge in [-0.1, -0.05) is 0 Å². The average Bonchev–Trinajstić information content (AvgIpc) is 3.05. The van der Waals surface area contributed by atoms with Crippen LogP contribution in [0.15, 0.2) is 22.8 Å². The van der Waals surface area contributed by atoms with E-state index >= 15 is 0 Å². The first-order valence-corrected chi connectivity index (χ1v) is 7.74. The number of thiophene rings is 1. The number of anilines is 1. The zero-order valence-electron chi connectivity index (χ0n) is 11.7. The molecule has 3 heterocycles. The molecule has 3 aromatic heterocycles.